The number of hydrogen-bond donors (Lipinski definition) is 1. The van der Waals surface area contributed by atoms with Gasteiger partial charge < -0.3 is 5.32 Å². The lowest BCUT2D eigenvalue weighted by molar-refractivity contribution is -0.384. The van der Waals surface area contributed by atoms with Gasteiger partial charge in [0.05, 0.1) is 10.5 Å². The molecule has 1 heterocycles. The number of rotatable bonds is 5. The van der Waals surface area contributed by atoms with Crippen LogP contribution in [0, 0.1) is 21.4 Å². The summed E-state index contributed by atoms with van der Waals surface area (Å²) in [5.74, 6) is 0.193. The Morgan fingerprint density at radius 1 is 1.71 bits per heavy atom. The van der Waals surface area contributed by atoms with Crippen molar-refractivity contribution in [1.82, 2.24) is 4.98 Å². The Labute approximate surface area is 98.7 Å². The van der Waals surface area contributed by atoms with Crippen LogP contribution in [0.2, 0.25) is 0 Å². The fourth-order valence-electron chi connectivity index (χ4n) is 1.23. The summed E-state index contributed by atoms with van der Waals surface area (Å²) in [6.07, 6.45) is 5.92. The van der Waals surface area contributed by atoms with Crippen LogP contribution in [0.25, 0.3) is 0 Å². The first-order chi connectivity index (χ1) is 8.19. The van der Waals surface area contributed by atoms with Gasteiger partial charge in [-0.15, -0.1) is 0 Å². The van der Waals surface area contributed by atoms with Crippen LogP contribution in [-0.4, -0.2) is 16.5 Å². The standard InChI is InChI=1S/C11H12N4O2/c1-2-3-4-5-13-11-10(15(16)17)6-9(7-12)8-14-11/h2-3,6,8H,4-5H2,1H3,(H,13,14)/b3-2+. The number of aromatic nitrogens is 1. The van der Waals surface area contributed by atoms with Crippen molar-refractivity contribution in [3.05, 3.63) is 40.1 Å². The summed E-state index contributed by atoms with van der Waals surface area (Å²) >= 11 is 0. The van der Waals surface area contributed by atoms with Gasteiger partial charge in [0.2, 0.25) is 5.82 Å². The van der Waals surface area contributed by atoms with Crippen LogP contribution in [-0.2, 0) is 0 Å². The second-order valence-electron chi connectivity index (χ2n) is 3.25. The summed E-state index contributed by atoms with van der Waals surface area (Å²) in [6.45, 7) is 2.46. The van der Waals surface area contributed by atoms with E-state index in [0.717, 1.165) is 6.42 Å². The van der Waals surface area contributed by atoms with Crippen LogP contribution in [0.5, 0.6) is 0 Å². The molecule has 0 aliphatic rings. The highest BCUT2D eigenvalue weighted by Gasteiger charge is 2.15. The smallest absolute Gasteiger partial charge is 0.312 e. The molecular weight excluding hydrogens is 220 g/mol. The van der Waals surface area contributed by atoms with Crippen LogP contribution in [0.15, 0.2) is 24.4 Å². The molecule has 88 valence electrons. The van der Waals surface area contributed by atoms with Crippen molar-refractivity contribution in [2.45, 2.75) is 13.3 Å². The molecule has 0 saturated heterocycles. The predicted molar refractivity (Wildman–Crippen MR) is 63.5 cm³/mol. The quantitative estimate of drug-likeness (QED) is 0.364. The van der Waals surface area contributed by atoms with E-state index in [1.54, 1.807) is 0 Å². The van der Waals surface area contributed by atoms with Crippen LogP contribution in [0.3, 0.4) is 0 Å². The van der Waals surface area contributed by atoms with E-state index in [1.165, 1.54) is 12.3 Å². The third kappa shape index (κ3) is 3.57. The summed E-state index contributed by atoms with van der Waals surface area (Å²) in [5.41, 5.74) is 0.000215. The molecule has 0 aliphatic carbocycles. The third-order valence-corrected chi connectivity index (χ3v) is 2.03. The number of allylic oxidation sites excluding steroid dienone is 1. The summed E-state index contributed by atoms with van der Waals surface area (Å²) in [5, 5.41) is 22.3. The van der Waals surface area contributed by atoms with E-state index < -0.39 is 4.92 Å². The molecular formula is C11H12N4O2. The molecule has 0 amide bonds. The number of nitriles is 1. The first-order valence-corrected chi connectivity index (χ1v) is 5.08. The lowest BCUT2D eigenvalue weighted by Gasteiger charge is -2.04. The van der Waals surface area contributed by atoms with Gasteiger partial charge in [-0.3, -0.25) is 10.1 Å². The van der Waals surface area contributed by atoms with Crippen molar-refractivity contribution in [3.63, 3.8) is 0 Å². The summed E-state index contributed by atoms with van der Waals surface area (Å²) < 4.78 is 0. The van der Waals surface area contributed by atoms with E-state index in [9.17, 15) is 10.1 Å². The minimum atomic E-state index is -0.550. The zero-order valence-electron chi connectivity index (χ0n) is 9.38. The number of nitro groups is 1. The van der Waals surface area contributed by atoms with Crippen LogP contribution in [0.1, 0.15) is 18.9 Å². The third-order valence-electron chi connectivity index (χ3n) is 2.03. The number of hydrogen-bond acceptors (Lipinski definition) is 5. The van der Waals surface area contributed by atoms with E-state index in [2.05, 4.69) is 10.3 Å². The molecule has 1 aromatic rings. The molecule has 0 atom stereocenters. The maximum atomic E-state index is 10.8. The van der Waals surface area contributed by atoms with Crippen molar-refractivity contribution in [2.24, 2.45) is 0 Å². The van der Waals surface area contributed by atoms with Crippen molar-refractivity contribution in [3.8, 4) is 6.07 Å². The van der Waals surface area contributed by atoms with E-state index in [0.29, 0.717) is 6.54 Å². The van der Waals surface area contributed by atoms with E-state index >= 15 is 0 Å². The molecule has 0 aromatic carbocycles. The normalized spacial score (nSPS) is 10.1. The zero-order chi connectivity index (χ0) is 12.7. The Bertz CT molecular complexity index is 477. The second kappa shape index (κ2) is 6.23. The fraction of sp³-hybridized carbons (Fsp3) is 0.273. The van der Waals surface area contributed by atoms with Gasteiger partial charge in [-0.1, -0.05) is 12.2 Å². The molecule has 6 nitrogen and oxygen atoms in total. The second-order valence-corrected chi connectivity index (χ2v) is 3.25. The fourth-order valence-corrected chi connectivity index (χ4v) is 1.23. The molecule has 0 bridgehead atoms. The van der Waals surface area contributed by atoms with Crippen molar-refractivity contribution in [1.29, 1.82) is 5.26 Å². The number of pyridine rings is 1. The molecule has 1 rings (SSSR count). The molecule has 17 heavy (non-hydrogen) atoms. The highest BCUT2D eigenvalue weighted by molar-refractivity contribution is 5.58. The molecule has 0 fully saturated rings. The number of nitrogens with one attached hydrogen (secondary N) is 1. The number of anilines is 1. The molecule has 0 spiro atoms. The average molecular weight is 232 g/mol. The van der Waals surface area contributed by atoms with Gasteiger partial charge in [0.15, 0.2) is 0 Å². The minimum absolute atomic E-state index is 0.176. The predicted octanol–water partition coefficient (Wildman–Crippen LogP) is 2.24. The Kier molecular flexibility index (Phi) is 4.63. The minimum Gasteiger partial charge on any atom is -0.364 e. The van der Waals surface area contributed by atoms with Gasteiger partial charge in [-0.2, -0.15) is 5.26 Å². The summed E-state index contributed by atoms with van der Waals surface area (Å²) in [6, 6.07) is 3.03. The molecule has 0 radical (unpaired) electrons. The van der Waals surface area contributed by atoms with Crippen LogP contribution in [0.4, 0.5) is 11.5 Å². The Morgan fingerprint density at radius 2 is 2.47 bits per heavy atom. The first-order valence-electron chi connectivity index (χ1n) is 5.08. The van der Waals surface area contributed by atoms with Gasteiger partial charge in [-0.05, 0) is 13.3 Å². The molecule has 1 aromatic heterocycles. The number of nitrogens with zero attached hydrogens (tertiary/aromatic N) is 3. The summed E-state index contributed by atoms with van der Waals surface area (Å²) in [7, 11) is 0. The molecule has 0 unspecified atom stereocenters. The Hall–Kier alpha value is -2.42. The zero-order valence-corrected chi connectivity index (χ0v) is 9.38. The maximum Gasteiger partial charge on any atom is 0.312 e. The SMILES string of the molecule is C/C=C/CCNc1ncc(C#N)cc1[N+](=O)[O-]. The lowest BCUT2D eigenvalue weighted by Crippen LogP contribution is -2.05. The van der Waals surface area contributed by atoms with Gasteiger partial charge in [0.1, 0.15) is 6.07 Å². The topological polar surface area (TPSA) is 91.8 Å². The van der Waals surface area contributed by atoms with Crippen molar-refractivity contribution < 1.29 is 4.92 Å². The Morgan fingerprint density at radius 3 is 3.06 bits per heavy atom. The maximum absolute atomic E-state index is 10.8. The van der Waals surface area contributed by atoms with Gasteiger partial charge >= 0.3 is 5.69 Å². The first kappa shape index (κ1) is 12.6. The lowest BCUT2D eigenvalue weighted by atomic mass is 10.2. The van der Waals surface area contributed by atoms with Gasteiger partial charge in [-0.25, -0.2) is 4.98 Å². The molecule has 0 saturated carbocycles. The van der Waals surface area contributed by atoms with Crippen LogP contribution >= 0.6 is 0 Å². The van der Waals surface area contributed by atoms with Gasteiger partial charge in [0.25, 0.3) is 0 Å². The highest BCUT2D eigenvalue weighted by atomic mass is 16.6. The average Bonchev–Trinajstić information content (AvgIpc) is 2.34. The van der Waals surface area contributed by atoms with Crippen molar-refractivity contribution in [2.75, 3.05) is 11.9 Å². The molecule has 6 heteroatoms. The summed E-state index contributed by atoms with van der Waals surface area (Å²) in [4.78, 5) is 14.1. The van der Waals surface area contributed by atoms with Crippen molar-refractivity contribution >= 4 is 11.5 Å². The van der Waals surface area contributed by atoms with E-state index in [-0.39, 0.29) is 17.1 Å². The van der Waals surface area contributed by atoms with E-state index in [1.807, 2.05) is 25.1 Å². The largest absolute Gasteiger partial charge is 0.364 e. The van der Waals surface area contributed by atoms with Gasteiger partial charge in [0, 0.05) is 18.8 Å². The molecule has 0 aliphatic heterocycles. The Balaban J connectivity index is 2.84. The monoisotopic (exact) mass is 232 g/mol. The highest BCUT2D eigenvalue weighted by Crippen LogP contribution is 2.22. The molecule has 1 N–H and O–H groups in total. The van der Waals surface area contributed by atoms with E-state index in [4.69, 9.17) is 5.26 Å². The van der Waals surface area contributed by atoms with Crippen LogP contribution < -0.4 is 5.32 Å².